The first-order valence-electron chi connectivity index (χ1n) is 13.1. The van der Waals surface area contributed by atoms with Gasteiger partial charge in [-0.05, 0) is 18.2 Å². The van der Waals surface area contributed by atoms with Crippen LogP contribution in [0.1, 0.15) is 0 Å². The van der Waals surface area contributed by atoms with Crippen LogP contribution < -0.4 is 24.4 Å². The molecule has 1 aromatic heterocycles. The molecule has 16 heteroatoms. The molecule has 0 unspecified atom stereocenters. The van der Waals surface area contributed by atoms with Crippen LogP contribution in [0.2, 0.25) is 0 Å². The highest BCUT2D eigenvalue weighted by molar-refractivity contribution is 6.00. The first kappa shape index (κ1) is 31.0. The molecule has 0 saturated carbocycles. The normalized spacial score (nSPS) is 31.2. The molecule has 236 valence electrons. The molecule has 9 atom stereocenters. The van der Waals surface area contributed by atoms with E-state index in [1.54, 1.807) is 0 Å². The highest BCUT2D eigenvalue weighted by Gasteiger charge is 2.47. The van der Waals surface area contributed by atoms with E-state index in [2.05, 4.69) is 0 Å². The van der Waals surface area contributed by atoms with E-state index in [1.165, 1.54) is 39.5 Å². The number of rotatable bonds is 8. The minimum atomic E-state index is -1.87. The molecule has 0 amide bonds. The van der Waals surface area contributed by atoms with E-state index in [-0.39, 0.29) is 57.3 Å². The van der Waals surface area contributed by atoms with Gasteiger partial charge in [-0.3, -0.25) is 4.79 Å². The number of benzene rings is 2. The van der Waals surface area contributed by atoms with Gasteiger partial charge in [0.05, 0.1) is 39.9 Å². The highest BCUT2D eigenvalue weighted by atomic mass is 16.7. The number of ether oxygens (including phenoxy) is 7. The number of hydrogen-bond acceptors (Lipinski definition) is 16. The minimum absolute atomic E-state index is 0.0287. The third-order valence-corrected chi connectivity index (χ3v) is 7.32. The maximum absolute atomic E-state index is 13.8. The molecular weight excluding hydrogens is 580 g/mol. The zero-order valence-corrected chi connectivity index (χ0v) is 23.1. The second-order valence-electron chi connectivity index (χ2n) is 9.96. The summed E-state index contributed by atoms with van der Waals surface area (Å²) in [7, 11) is 3.85. The van der Waals surface area contributed by atoms with Crippen LogP contribution in [0.25, 0.3) is 21.9 Å². The summed E-state index contributed by atoms with van der Waals surface area (Å²) in [6, 6.07) is 3.89. The number of aliphatic hydroxyl groups excluding tert-OH is 6. The van der Waals surface area contributed by atoms with Gasteiger partial charge in [0, 0.05) is 0 Å². The summed E-state index contributed by atoms with van der Waals surface area (Å²) in [5, 5.41) is 71.4. The van der Waals surface area contributed by atoms with Crippen LogP contribution in [0.15, 0.2) is 27.4 Å². The zero-order chi connectivity index (χ0) is 31.2. The van der Waals surface area contributed by atoms with E-state index in [4.69, 9.17) is 37.6 Å². The van der Waals surface area contributed by atoms with Crippen molar-refractivity contribution < 1.29 is 73.3 Å². The Morgan fingerprint density at radius 3 is 2.14 bits per heavy atom. The zero-order valence-electron chi connectivity index (χ0n) is 23.1. The molecule has 16 nitrogen and oxygen atoms in total. The highest BCUT2D eigenvalue weighted by Crippen LogP contribution is 2.51. The van der Waals surface area contributed by atoms with Crippen LogP contribution in [0.3, 0.4) is 0 Å². The van der Waals surface area contributed by atoms with E-state index in [1.807, 2.05) is 0 Å². The predicted molar refractivity (Wildman–Crippen MR) is 142 cm³/mol. The first-order chi connectivity index (χ1) is 20.5. The van der Waals surface area contributed by atoms with Gasteiger partial charge in [0.15, 0.2) is 17.6 Å². The molecule has 0 spiro atoms. The molecule has 5 rings (SSSR count). The summed E-state index contributed by atoms with van der Waals surface area (Å²) in [6.45, 7) is -0.878. The lowest BCUT2D eigenvalue weighted by molar-refractivity contribution is -0.307. The Morgan fingerprint density at radius 2 is 1.47 bits per heavy atom. The van der Waals surface area contributed by atoms with E-state index < -0.39 is 67.3 Å². The van der Waals surface area contributed by atoms with Crippen LogP contribution in [0.5, 0.6) is 28.7 Å². The van der Waals surface area contributed by atoms with Crippen molar-refractivity contribution in [3.8, 4) is 28.7 Å². The topological polar surface area (TPSA) is 236 Å². The molecule has 2 aromatic carbocycles. The summed E-state index contributed by atoms with van der Waals surface area (Å²) in [6.07, 6.45) is -14.5. The number of hydrogen-bond donors (Lipinski definition) is 7. The minimum Gasteiger partial charge on any atom is -0.508 e. The van der Waals surface area contributed by atoms with Crippen molar-refractivity contribution in [1.82, 2.24) is 0 Å². The third kappa shape index (κ3) is 5.41. The Hall–Kier alpha value is -3.45. The van der Waals surface area contributed by atoms with Crippen molar-refractivity contribution >= 4 is 21.9 Å². The molecule has 7 N–H and O–H groups in total. The molecule has 0 radical (unpaired) electrons. The molecule has 2 aliphatic heterocycles. The lowest BCUT2D eigenvalue weighted by Crippen LogP contribution is -2.61. The summed E-state index contributed by atoms with van der Waals surface area (Å²) >= 11 is 0. The lowest BCUT2D eigenvalue weighted by Gasteiger charge is -2.41. The molecule has 2 saturated heterocycles. The fraction of sp³-hybridized carbons (Fsp3) is 0.519. The van der Waals surface area contributed by atoms with Gasteiger partial charge in [0.2, 0.25) is 29.0 Å². The Morgan fingerprint density at radius 1 is 0.814 bits per heavy atom. The second kappa shape index (κ2) is 12.3. The number of phenolic OH excluding ortho intramolecular Hbond substituents is 1. The number of fused-ring (bicyclic) bond motifs is 2. The standard InChI is InChI=1S/C27H32O16/c1-36-23-21-14(15(30)10-6-9(28)4-5-12(10)41-21)22(24(37-2)25(23)38-3)43-27-20(35)18(33)17(32)13(42-27)8-40-26-19(34)16(31)11(29)7-39-26/h4-6,11,13,16-20,26-29,31-35H,7-8H2,1-3H3/t11-,13-,16+,17-,18+,19-,20-,26+,27+/m1/s1. The van der Waals surface area contributed by atoms with Crippen LogP contribution in [-0.2, 0) is 14.2 Å². The third-order valence-electron chi connectivity index (χ3n) is 7.32. The molecular formula is C27H32O16. The Kier molecular flexibility index (Phi) is 8.85. The van der Waals surface area contributed by atoms with Crippen LogP contribution >= 0.6 is 0 Å². The quantitative estimate of drug-likeness (QED) is 0.141. The van der Waals surface area contributed by atoms with Crippen molar-refractivity contribution in [1.29, 1.82) is 0 Å². The maximum Gasteiger partial charge on any atom is 0.229 e. The van der Waals surface area contributed by atoms with Crippen molar-refractivity contribution in [2.75, 3.05) is 34.5 Å². The average Bonchev–Trinajstić information content (AvgIpc) is 3.00. The fourth-order valence-corrected chi connectivity index (χ4v) is 5.02. The maximum atomic E-state index is 13.8. The van der Waals surface area contributed by atoms with Gasteiger partial charge in [-0.2, -0.15) is 0 Å². The van der Waals surface area contributed by atoms with E-state index in [9.17, 15) is 40.5 Å². The largest absolute Gasteiger partial charge is 0.508 e. The SMILES string of the molecule is COc1c(OC)c(O[C@@H]2O[C@H](CO[C@@H]3OC[C@@H](O)[C@H](O)[C@H]3O)[C@@H](O)[C@H](O)[C@H]2O)c2c(=O)c3cc(O)ccc3oc2c1OC. The Bertz CT molecular complexity index is 1520. The van der Waals surface area contributed by atoms with Gasteiger partial charge < -0.3 is 73.3 Å². The van der Waals surface area contributed by atoms with Crippen molar-refractivity contribution in [2.24, 2.45) is 0 Å². The predicted octanol–water partition coefficient (Wildman–Crippen LogP) is -1.68. The second-order valence-corrected chi connectivity index (χ2v) is 9.96. The molecule has 3 aromatic rings. The summed E-state index contributed by atoms with van der Waals surface area (Å²) in [5.74, 6) is -0.810. The van der Waals surface area contributed by atoms with Gasteiger partial charge in [0.1, 0.15) is 59.4 Å². The molecule has 3 heterocycles. The summed E-state index contributed by atoms with van der Waals surface area (Å²) < 4.78 is 44.7. The van der Waals surface area contributed by atoms with Crippen molar-refractivity contribution in [3.63, 3.8) is 0 Å². The van der Waals surface area contributed by atoms with Crippen molar-refractivity contribution in [2.45, 2.75) is 55.3 Å². The average molecular weight is 613 g/mol. The van der Waals surface area contributed by atoms with Gasteiger partial charge in [-0.1, -0.05) is 0 Å². The monoisotopic (exact) mass is 612 g/mol. The fourth-order valence-electron chi connectivity index (χ4n) is 5.02. The molecule has 0 bridgehead atoms. The molecule has 43 heavy (non-hydrogen) atoms. The first-order valence-corrected chi connectivity index (χ1v) is 13.1. The van der Waals surface area contributed by atoms with Crippen LogP contribution in [-0.4, -0.2) is 126 Å². The smallest absolute Gasteiger partial charge is 0.229 e. The Balaban J connectivity index is 1.54. The molecule has 2 fully saturated rings. The van der Waals surface area contributed by atoms with Crippen molar-refractivity contribution in [3.05, 3.63) is 28.4 Å². The Labute approximate surface area is 242 Å². The molecule has 2 aliphatic rings. The number of aliphatic hydroxyl groups is 6. The van der Waals surface area contributed by atoms with Gasteiger partial charge in [-0.15, -0.1) is 0 Å². The van der Waals surface area contributed by atoms with Crippen LogP contribution in [0.4, 0.5) is 0 Å². The van der Waals surface area contributed by atoms with Gasteiger partial charge in [-0.25, -0.2) is 0 Å². The van der Waals surface area contributed by atoms with Gasteiger partial charge >= 0.3 is 0 Å². The van der Waals surface area contributed by atoms with Crippen LogP contribution in [0, 0.1) is 0 Å². The number of phenols is 1. The number of aromatic hydroxyl groups is 1. The molecule has 0 aliphatic carbocycles. The number of methoxy groups -OCH3 is 3. The van der Waals surface area contributed by atoms with E-state index in [0.717, 1.165) is 0 Å². The van der Waals surface area contributed by atoms with Gasteiger partial charge in [0.25, 0.3) is 0 Å². The van der Waals surface area contributed by atoms with E-state index >= 15 is 0 Å². The summed E-state index contributed by atoms with van der Waals surface area (Å²) in [4.78, 5) is 13.8. The lowest BCUT2D eigenvalue weighted by atomic mass is 9.99. The van der Waals surface area contributed by atoms with E-state index in [0.29, 0.717) is 0 Å². The summed E-state index contributed by atoms with van der Waals surface area (Å²) in [5.41, 5.74) is -0.717.